The first-order chi connectivity index (χ1) is 5.93. The van der Waals surface area contributed by atoms with Gasteiger partial charge < -0.3 is 5.11 Å². The molecule has 0 amide bonds. The zero-order valence-corrected chi connectivity index (χ0v) is 8.70. The van der Waals surface area contributed by atoms with E-state index in [-0.39, 0.29) is 5.41 Å². The van der Waals surface area contributed by atoms with E-state index >= 15 is 0 Å². The van der Waals surface area contributed by atoms with Crippen molar-refractivity contribution >= 4 is 0 Å². The van der Waals surface area contributed by atoms with Crippen LogP contribution in [0.4, 0.5) is 0 Å². The molecule has 0 aliphatic carbocycles. The summed E-state index contributed by atoms with van der Waals surface area (Å²) >= 11 is 0. The monoisotopic (exact) mass is 179 g/mol. The third kappa shape index (κ3) is 2.28. The van der Waals surface area contributed by atoms with Gasteiger partial charge in [-0.15, -0.1) is 0 Å². The number of rotatable bonds is 1. The molecule has 1 aromatic heterocycles. The lowest BCUT2D eigenvalue weighted by atomic mass is 9.84. The summed E-state index contributed by atoms with van der Waals surface area (Å²) < 4.78 is 0. The molecule has 2 nitrogen and oxygen atoms in total. The predicted octanol–water partition coefficient (Wildman–Crippen LogP) is 2.47. The quantitative estimate of drug-likeness (QED) is 0.718. The normalized spacial score (nSPS) is 14.2. The van der Waals surface area contributed by atoms with Gasteiger partial charge >= 0.3 is 0 Å². The first-order valence-electron chi connectivity index (χ1n) is 4.52. The van der Waals surface area contributed by atoms with E-state index in [4.69, 9.17) is 0 Å². The summed E-state index contributed by atoms with van der Waals surface area (Å²) in [6, 6.07) is 3.79. The molecule has 0 saturated carbocycles. The molecule has 0 aliphatic heterocycles. The molecule has 0 saturated heterocycles. The van der Waals surface area contributed by atoms with Gasteiger partial charge in [-0.25, -0.2) is 0 Å². The second kappa shape index (κ2) is 3.46. The van der Waals surface area contributed by atoms with Crippen LogP contribution in [0, 0.1) is 12.3 Å². The molecule has 13 heavy (non-hydrogen) atoms. The van der Waals surface area contributed by atoms with Crippen molar-refractivity contribution in [3.05, 3.63) is 29.6 Å². The van der Waals surface area contributed by atoms with Crippen LogP contribution in [0.3, 0.4) is 0 Å². The van der Waals surface area contributed by atoms with Gasteiger partial charge in [0.25, 0.3) is 0 Å². The van der Waals surface area contributed by atoms with Gasteiger partial charge in [0.05, 0.1) is 6.10 Å². The van der Waals surface area contributed by atoms with E-state index < -0.39 is 6.10 Å². The van der Waals surface area contributed by atoms with Crippen LogP contribution in [-0.4, -0.2) is 10.1 Å². The smallest absolute Gasteiger partial charge is 0.0855 e. The maximum Gasteiger partial charge on any atom is 0.0855 e. The lowest BCUT2D eigenvalue weighted by Crippen LogP contribution is -2.18. The van der Waals surface area contributed by atoms with Gasteiger partial charge in [0.15, 0.2) is 0 Å². The molecule has 0 spiro atoms. The lowest BCUT2D eigenvalue weighted by Gasteiger charge is -2.26. The molecule has 0 radical (unpaired) electrons. The molecule has 0 aliphatic rings. The Kier molecular flexibility index (Phi) is 2.71. The van der Waals surface area contributed by atoms with Crippen LogP contribution in [0.15, 0.2) is 18.3 Å². The number of aromatic nitrogens is 1. The van der Waals surface area contributed by atoms with Gasteiger partial charge in [-0.2, -0.15) is 0 Å². The standard InChI is InChI=1S/C11H17NO/c1-8-9(6-5-7-12-8)10(13)11(2,3)4/h5-7,10,13H,1-4H3. The SMILES string of the molecule is Cc1ncccc1C(O)C(C)(C)C. The zero-order valence-electron chi connectivity index (χ0n) is 8.70. The molecule has 1 unspecified atom stereocenters. The number of aliphatic hydroxyl groups excluding tert-OH is 1. The summed E-state index contributed by atoms with van der Waals surface area (Å²) in [5.74, 6) is 0. The van der Waals surface area contributed by atoms with Gasteiger partial charge in [0.2, 0.25) is 0 Å². The number of aliphatic hydroxyl groups is 1. The van der Waals surface area contributed by atoms with Crippen molar-refractivity contribution in [1.29, 1.82) is 0 Å². The van der Waals surface area contributed by atoms with E-state index in [9.17, 15) is 5.11 Å². The minimum absolute atomic E-state index is 0.131. The first kappa shape index (κ1) is 10.2. The maximum atomic E-state index is 10.00. The van der Waals surface area contributed by atoms with Crippen molar-refractivity contribution in [2.45, 2.75) is 33.8 Å². The highest BCUT2D eigenvalue weighted by molar-refractivity contribution is 5.22. The number of hydrogen-bond donors (Lipinski definition) is 1. The fourth-order valence-electron chi connectivity index (χ4n) is 1.25. The van der Waals surface area contributed by atoms with Crippen molar-refractivity contribution < 1.29 is 5.11 Å². The van der Waals surface area contributed by atoms with E-state index in [0.717, 1.165) is 11.3 Å². The van der Waals surface area contributed by atoms with E-state index in [1.165, 1.54) is 0 Å². The maximum absolute atomic E-state index is 10.00. The van der Waals surface area contributed by atoms with Gasteiger partial charge in [0, 0.05) is 17.5 Å². The summed E-state index contributed by atoms with van der Waals surface area (Å²) in [6.45, 7) is 7.97. The number of nitrogens with zero attached hydrogens (tertiary/aromatic N) is 1. The number of pyridine rings is 1. The van der Waals surface area contributed by atoms with Crippen LogP contribution in [0.25, 0.3) is 0 Å². The molecule has 1 N–H and O–H groups in total. The van der Waals surface area contributed by atoms with Crippen molar-refractivity contribution in [2.24, 2.45) is 5.41 Å². The molecule has 0 aromatic carbocycles. The van der Waals surface area contributed by atoms with Gasteiger partial charge in [0.1, 0.15) is 0 Å². The Labute approximate surface area is 79.6 Å². The summed E-state index contributed by atoms with van der Waals surface area (Å²) in [4.78, 5) is 4.15. The van der Waals surface area contributed by atoms with Gasteiger partial charge in [-0.1, -0.05) is 26.8 Å². The Bertz CT molecular complexity index is 288. The van der Waals surface area contributed by atoms with Crippen LogP contribution in [0.2, 0.25) is 0 Å². The Morgan fingerprint density at radius 1 is 1.38 bits per heavy atom. The molecular weight excluding hydrogens is 162 g/mol. The van der Waals surface area contributed by atoms with Gasteiger partial charge in [-0.05, 0) is 18.4 Å². The van der Waals surface area contributed by atoms with Crippen LogP contribution >= 0.6 is 0 Å². The molecule has 1 rings (SSSR count). The molecule has 1 heterocycles. The Morgan fingerprint density at radius 2 is 2.00 bits per heavy atom. The Morgan fingerprint density at radius 3 is 2.46 bits per heavy atom. The molecule has 1 aromatic rings. The third-order valence-electron chi connectivity index (χ3n) is 2.16. The Hall–Kier alpha value is -0.890. The average Bonchev–Trinajstić information content (AvgIpc) is 2.02. The summed E-state index contributed by atoms with van der Waals surface area (Å²) in [7, 11) is 0. The minimum atomic E-state index is -0.443. The summed E-state index contributed by atoms with van der Waals surface area (Å²) in [5.41, 5.74) is 1.70. The summed E-state index contributed by atoms with van der Waals surface area (Å²) in [5, 5.41) is 10.00. The largest absolute Gasteiger partial charge is 0.388 e. The number of aryl methyl sites for hydroxylation is 1. The highest BCUT2D eigenvalue weighted by atomic mass is 16.3. The molecular formula is C11H17NO. The second-order valence-electron chi connectivity index (χ2n) is 4.45. The van der Waals surface area contributed by atoms with E-state index in [2.05, 4.69) is 4.98 Å². The first-order valence-corrected chi connectivity index (χ1v) is 4.52. The highest BCUT2D eigenvalue weighted by Gasteiger charge is 2.24. The van der Waals surface area contributed by atoms with Crippen LogP contribution in [0.1, 0.15) is 38.1 Å². The average molecular weight is 179 g/mol. The Balaban J connectivity index is 3.02. The second-order valence-corrected chi connectivity index (χ2v) is 4.45. The molecule has 2 heteroatoms. The molecule has 1 atom stereocenters. The minimum Gasteiger partial charge on any atom is -0.388 e. The third-order valence-corrected chi connectivity index (χ3v) is 2.16. The van der Waals surface area contributed by atoms with Crippen molar-refractivity contribution in [3.63, 3.8) is 0 Å². The van der Waals surface area contributed by atoms with Gasteiger partial charge in [-0.3, -0.25) is 4.98 Å². The van der Waals surface area contributed by atoms with Crippen LogP contribution < -0.4 is 0 Å². The summed E-state index contributed by atoms with van der Waals surface area (Å²) in [6.07, 6.45) is 1.30. The fraction of sp³-hybridized carbons (Fsp3) is 0.545. The molecule has 0 bridgehead atoms. The molecule has 0 fully saturated rings. The van der Waals surface area contributed by atoms with Crippen molar-refractivity contribution in [3.8, 4) is 0 Å². The van der Waals surface area contributed by atoms with E-state index in [1.807, 2.05) is 39.8 Å². The number of hydrogen-bond acceptors (Lipinski definition) is 2. The zero-order chi connectivity index (χ0) is 10.1. The highest BCUT2D eigenvalue weighted by Crippen LogP contribution is 2.33. The van der Waals surface area contributed by atoms with Crippen LogP contribution in [-0.2, 0) is 0 Å². The molecule has 72 valence electrons. The van der Waals surface area contributed by atoms with Crippen molar-refractivity contribution in [2.75, 3.05) is 0 Å². The van der Waals surface area contributed by atoms with E-state index in [0.29, 0.717) is 0 Å². The van der Waals surface area contributed by atoms with E-state index in [1.54, 1.807) is 6.20 Å². The topological polar surface area (TPSA) is 33.1 Å². The van der Waals surface area contributed by atoms with Crippen molar-refractivity contribution in [1.82, 2.24) is 4.98 Å². The predicted molar refractivity (Wildman–Crippen MR) is 53.4 cm³/mol. The lowest BCUT2D eigenvalue weighted by molar-refractivity contribution is 0.0618. The van der Waals surface area contributed by atoms with Crippen LogP contribution in [0.5, 0.6) is 0 Å². The fourth-order valence-corrected chi connectivity index (χ4v) is 1.25.